The number of fused-ring (bicyclic) bond motifs is 1. The Labute approximate surface area is 106 Å². The Morgan fingerprint density at radius 1 is 1.56 bits per heavy atom. The SMILES string of the molecule is C[C@@H]1COCCN1c1nc(F)cc2c1CCCN2. The third-order valence-corrected chi connectivity index (χ3v) is 3.63. The summed E-state index contributed by atoms with van der Waals surface area (Å²) in [5.41, 5.74) is 2.05. The normalized spacial score (nSPS) is 23.4. The molecular formula is C13H18FN3O. The lowest BCUT2D eigenvalue weighted by molar-refractivity contribution is 0.0983. The first kappa shape index (κ1) is 11.7. The van der Waals surface area contributed by atoms with Gasteiger partial charge in [0, 0.05) is 30.4 Å². The van der Waals surface area contributed by atoms with Gasteiger partial charge >= 0.3 is 0 Å². The molecule has 1 atom stereocenters. The summed E-state index contributed by atoms with van der Waals surface area (Å²) in [7, 11) is 0. The average molecular weight is 251 g/mol. The van der Waals surface area contributed by atoms with Crippen molar-refractivity contribution in [2.45, 2.75) is 25.8 Å². The van der Waals surface area contributed by atoms with E-state index in [0.717, 1.165) is 43.0 Å². The summed E-state index contributed by atoms with van der Waals surface area (Å²) in [6.45, 7) is 5.15. The van der Waals surface area contributed by atoms with Crippen LogP contribution in [-0.4, -0.2) is 37.3 Å². The highest BCUT2D eigenvalue weighted by molar-refractivity contribution is 5.64. The predicted octanol–water partition coefficient (Wildman–Crippen LogP) is 1.80. The zero-order chi connectivity index (χ0) is 12.5. The summed E-state index contributed by atoms with van der Waals surface area (Å²) >= 11 is 0. The number of hydrogen-bond acceptors (Lipinski definition) is 4. The molecule has 0 radical (unpaired) electrons. The van der Waals surface area contributed by atoms with Crippen molar-refractivity contribution in [3.63, 3.8) is 0 Å². The summed E-state index contributed by atoms with van der Waals surface area (Å²) in [6, 6.07) is 1.75. The van der Waals surface area contributed by atoms with Gasteiger partial charge in [-0.1, -0.05) is 0 Å². The third-order valence-electron chi connectivity index (χ3n) is 3.63. The quantitative estimate of drug-likeness (QED) is 0.772. The molecule has 2 aliphatic heterocycles. The van der Waals surface area contributed by atoms with Crippen molar-refractivity contribution < 1.29 is 9.13 Å². The summed E-state index contributed by atoms with van der Waals surface area (Å²) in [4.78, 5) is 6.29. The van der Waals surface area contributed by atoms with Gasteiger partial charge in [0.1, 0.15) is 5.82 Å². The third kappa shape index (κ3) is 2.03. The monoisotopic (exact) mass is 251 g/mol. The number of nitrogens with one attached hydrogen (secondary N) is 1. The lowest BCUT2D eigenvalue weighted by Crippen LogP contribution is -2.45. The molecule has 2 aliphatic rings. The minimum absolute atomic E-state index is 0.249. The molecule has 18 heavy (non-hydrogen) atoms. The smallest absolute Gasteiger partial charge is 0.216 e. The van der Waals surface area contributed by atoms with Gasteiger partial charge < -0.3 is 15.0 Å². The highest BCUT2D eigenvalue weighted by atomic mass is 19.1. The topological polar surface area (TPSA) is 37.4 Å². The number of morpholine rings is 1. The van der Waals surface area contributed by atoms with Crippen molar-refractivity contribution in [1.82, 2.24) is 4.98 Å². The maximum Gasteiger partial charge on any atom is 0.216 e. The Balaban J connectivity index is 2.01. The number of rotatable bonds is 1. The van der Waals surface area contributed by atoms with Gasteiger partial charge in [-0.05, 0) is 19.8 Å². The second kappa shape index (κ2) is 4.72. The average Bonchev–Trinajstić information content (AvgIpc) is 2.38. The van der Waals surface area contributed by atoms with Crippen molar-refractivity contribution >= 4 is 11.5 Å². The highest BCUT2D eigenvalue weighted by Gasteiger charge is 2.25. The van der Waals surface area contributed by atoms with Crippen LogP contribution in [-0.2, 0) is 11.2 Å². The number of nitrogens with zero attached hydrogens (tertiary/aromatic N) is 2. The number of ether oxygens (including phenoxy) is 1. The second-order valence-electron chi connectivity index (χ2n) is 4.94. The Morgan fingerprint density at radius 2 is 2.44 bits per heavy atom. The van der Waals surface area contributed by atoms with E-state index in [2.05, 4.69) is 22.1 Å². The van der Waals surface area contributed by atoms with Crippen LogP contribution in [0.1, 0.15) is 18.9 Å². The van der Waals surface area contributed by atoms with E-state index < -0.39 is 5.95 Å². The minimum atomic E-state index is -0.406. The molecule has 0 spiro atoms. The van der Waals surface area contributed by atoms with E-state index in [-0.39, 0.29) is 6.04 Å². The molecule has 3 rings (SSSR count). The van der Waals surface area contributed by atoms with Crippen LogP contribution in [0.5, 0.6) is 0 Å². The van der Waals surface area contributed by atoms with Gasteiger partial charge in [0.25, 0.3) is 0 Å². The lowest BCUT2D eigenvalue weighted by atomic mass is 10.0. The Hall–Kier alpha value is -1.36. The van der Waals surface area contributed by atoms with Crippen molar-refractivity contribution in [1.29, 1.82) is 0 Å². The first-order valence-corrected chi connectivity index (χ1v) is 6.53. The number of pyridine rings is 1. The molecule has 1 aromatic heterocycles. The van der Waals surface area contributed by atoms with Crippen molar-refractivity contribution in [2.24, 2.45) is 0 Å². The van der Waals surface area contributed by atoms with E-state index >= 15 is 0 Å². The molecular weight excluding hydrogens is 233 g/mol. The molecule has 0 saturated carbocycles. The maximum atomic E-state index is 13.6. The van der Waals surface area contributed by atoms with Gasteiger partial charge in [0.2, 0.25) is 5.95 Å². The van der Waals surface area contributed by atoms with E-state index in [9.17, 15) is 4.39 Å². The first-order chi connectivity index (χ1) is 8.75. The minimum Gasteiger partial charge on any atom is -0.385 e. The van der Waals surface area contributed by atoms with E-state index in [1.54, 1.807) is 0 Å². The van der Waals surface area contributed by atoms with Gasteiger partial charge in [-0.3, -0.25) is 0 Å². The van der Waals surface area contributed by atoms with Crippen LogP contribution >= 0.6 is 0 Å². The van der Waals surface area contributed by atoms with Gasteiger partial charge in [-0.15, -0.1) is 0 Å². The van der Waals surface area contributed by atoms with Crippen molar-refractivity contribution in [3.8, 4) is 0 Å². The molecule has 5 heteroatoms. The zero-order valence-corrected chi connectivity index (χ0v) is 10.6. The summed E-state index contributed by atoms with van der Waals surface area (Å²) in [5.74, 6) is 0.393. The summed E-state index contributed by atoms with van der Waals surface area (Å²) in [6.07, 6.45) is 2.04. The van der Waals surface area contributed by atoms with Crippen molar-refractivity contribution in [3.05, 3.63) is 17.6 Å². The number of hydrogen-bond donors (Lipinski definition) is 1. The Morgan fingerprint density at radius 3 is 3.28 bits per heavy atom. The van der Waals surface area contributed by atoms with Gasteiger partial charge in [0.05, 0.1) is 19.3 Å². The van der Waals surface area contributed by atoms with Crippen LogP contribution in [0.3, 0.4) is 0 Å². The fourth-order valence-electron chi connectivity index (χ4n) is 2.70. The molecule has 1 fully saturated rings. The summed E-state index contributed by atoms with van der Waals surface area (Å²) in [5, 5.41) is 3.26. The van der Waals surface area contributed by atoms with Crippen LogP contribution in [0.4, 0.5) is 15.9 Å². The van der Waals surface area contributed by atoms with Crippen LogP contribution in [0.2, 0.25) is 0 Å². The molecule has 4 nitrogen and oxygen atoms in total. The molecule has 0 unspecified atom stereocenters. The number of halogens is 1. The van der Waals surface area contributed by atoms with E-state index in [0.29, 0.717) is 13.2 Å². The molecule has 0 amide bonds. The first-order valence-electron chi connectivity index (χ1n) is 6.53. The largest absolute Gasteiger partial charge is 0.385 e. The second-order valence-corrected chi connectivity index (χ2v) is 4.94. The van der Waals surface area contributed by atoms with E-state index in [1.165, 1.54) is 6.07 Å². The van der Waals surface area contributed by atoms with Crippen LogP contribution in [0.25, 0.3) is 0 Å². The van der Waals surface area contributed by atoms with Gasteiger partial charge in [0.15, 0.2) is 0 Å². The van der Waals surface area contributed by atoms with Crippen molar-refractivity contribution in [2.75, 3.05) is 36.5 Å². The molecule has 3 heterocycles. The van der Waals surface area contributed by atoms with Gasteiger partial charge in [-0.2, -0.15) is 4.39 Å². The van der Waals surface area contributed by atoms with Gasteiger partial charge in [-0.25, -0.2) is 4.98 Å². The number of anilines is 2. The van der Waals surface area contributed by atoms with E-state index in [1.807, 2.05) is 0 Å². The molecule has 1 saturated heterocycles. The molecule has 1 N–H and O–H groups in total. The lowest BCUT2D eigenvalue weighted by Gasteiger charge is -2.36. The molecule has 0 bridgehead atoms. The predicted molar refractivity (Wildman–Crippen MR) is 68.6 cm³/mol. The molecule has 0 aromatic carbocycles. The Kier molecular flexibility index (Phi) is 3.07. The highest BCUT2D eigenvalue weighted by Crippen LogP contribution is 2.32. The molecule has 98 valence electrons. The van der Waals surface area contributed by atoms with Crippen LogP contribution in [0.15, 0.2) is 6.07 Å². The van der Waals surface area contributed by atoms with Crippen LogP contribution < -0.4 is 10.2 Å². The summed E-state index contributed by atoms with van der Waals surface area (Å²) < 4.78 is 19.1. The fraction of sp³-hybridized carbons (Fsp3) is 0.615. The molecule has 0 aliphatic carbocycles. The maximum absolute atomic E-state index is 13.6. The number of aromatic nitrogens is 1. The molecule has 1 aromatic rings. The van der Waals surface area contributed by atoms with E-state index in [4.69, 9.17) is 4.74 Å². The standard InChI is InChI=1S/C13H18FN3O/c1-9-8-18-6-5-17(9)13-10-3-2-4-15-11(10)7-12(14)16-13/h7,9,15H,2-6,8H2,1H3/t9-/m1/s1. The zero-order valence-electron chi connectivity index (χ0n) is 10.6. The Bertz CT molecular complexity index is 452. The van der Waals surface area contributed by atoms with Crippen LogP contribution in [0, 0.1) is 5.95 Å². The fourth-order valence-corrected chi connectivity index (χ4v) is 2.70.